The summed E-state index contributed by atoms with van der Waals surface area (Å²) in [4.78, 5) is 0. The Morgan fingerprint density at radius 2 is 0.935 bits per heavy atom. The van der Waals surface area contributed by atoms with Crippen LogP contribution in [-0.2, 0) is 0 Å². The quantitative estimate of drug-likeness (QED) is 0.296. The summed E-state index contributed by atoms with van der Waals surface area (Å²) < 4.78 is 12.7. The van der Waals surface area contributed by atoms with Crippen LogP contribution in [0.3, 0.4) is 0 Å². The predicted octanol–water partition coefficient (Wildman–Crippen LogP) is 8.00. The van der Waals surface area contributed by atoms with Gasteiger partial charge in [-0.3, -0.25) is 0 Å². The molecule has 0 fully saturated rings. The van der Waals surface area contributed by atoms with Gasteiger partial charge in [0.25, 0.3) is 0 Å². The molecule has 0 bridgehead atoms. The molecule has 152 valence electrons. The standard InChI is InChI=1S/C29H24O2/c1-20-8-12-22(13-9-20)25-16-18-27(30-25)29(24-6-4-3-5-7-24)28-19-17-26(31-28)23-14-10-21(2)11-15-23/h3-19,29H,1-2H3. The van der Waals surface area contributed by atoms with Crippen molar-refractivity contribution in [1.29, 1.82) is 0 Å². The topological polar surface area (TPSA) is 26.3 Å². The molecule has 0 saturated carbocycles. The van der Waals surface area contributed by atoms with Gasteiger partial charge in [0.2, 0.25) is 0 Å². The van der Waals surface area contributed by atoms with Gasteiger partial charge in [-0.05, 0) is 43.7 Å². The Morgan fingerprint density at radius 3 is 1.39 bits per heavy atom. The van der Waals surface area contributed by atoms with Crippen molar-refractivity contribution in [1.82, 2.24) is 0 Å². The molecule has 5 aromatic rings. The number of rotatable bonds is 5. The summed E-state index contributed by atoms with van der Waals surface area (Å²) in [6.07, 6.45) is 0. The van der Waals surface area contributed by atoms with Gasteiger partial charge >= 0.3 is 0 Å². The van der Waals surface area contributed by atoms with Gasteiger partial charge < -0.3 is 8.83 Å². The van der Waals surface area contributed by atoms with E-state index in [-0.39, 0.29) is 5.92 Å². The molecule has 2 heteroatoms. The molecule has 0 aliphatic rings. The van der Waals surface area contributed by atoms with Crippen molar-refractivity contribution < 1.29 is 8.83 Å². The first kappa shape index (κ1) is 19.2. The van der Waals surface area contributed by atoms with Crippen LogP contribution in [0.5, 0.6) is 0 Å². The maximum Gasteiger partial charge on any atom is 0.134 e. The highest BCUT2D eigenvalue weighted by Crippen LogP contribution is 2.37. The zero-order chi connectivity index (χ0) is 21.2. The maximum atomic E-state index is 6.35. The first-order chi connectivity index (χ1) is 15.2. The lowest BCUT2D eigenvalue weighted by molar-refractivity contribution is 0.461. The van der Waals surface area contributed by atoms with Crippen LogP contribution < -0.4 is 0 Å². The van der Waals surface area contributed by atoms with Gasteiger partial charge in [0, 0.05) is 11.1 Å². The third-order valence-electron chi connectivity index (χ3n) is 5.63. The Balaban J connectivity index is 1.55. The molecule has 0 saturated heterocycles. The summed E-state index contributed by atoms with van der Waals surface area (Å²) in [7, 11) is 0. The van der Waals surface area contributed by atoms with E-state index < -0.39 is 0 Å². The van der Waals surface area contributed by atoms with Crippen LogP contribution in [0.1, 0.15) is 34.1 Å². The van der Waals surface area contributed by atoms with E-state index in [1.54, 1.807) is 0 Å². The number of furan rings is 2. The molecule has 0 radical (unpaired) electrons. The minimum atomic E-state index is -0.111. The molecule has 2 heterocycles. The first-order valence-corrected chi connectivity index (χ1v) is 10.6. The van der Waals surface area contributed by atoms with E-state index in [1.807, 2.05) is 18.2 Å². The van der Waals surface area contributed by atoms with E-state index in [9.17, 15) is 0 Å². The molecule has 2 nitrogen and oxygen atoms in total. The van der Waals surface area contributed by atoms with E-state index in [0.29, 0.717) is 0 Å². The summed E-state index contributed by atoms with van der Waals surface area (Å²) in [6.45, 7) is 4.18. The largest absolute Gasteiger partial charge is 0.460 e. The molecule has 0 amide bonds. The molecular formula is C29H24O2. The lowest BCUT2D eigenvalue weighted by atomic mass is 9.94. The molecule has 0 atom stereocenters. The molecule has 0 aliphatic heterocycles. The van der Waals surface area contributed by atoms with E-state index >= 15 is 0 Å². The van der Waals surface area contributed by atoms with E-state index in [0.717, 1.165) is 39.7 Å². The summed E-state index contributed by atoms with van der Waals surface area (Å²) in [5.41, 5.74) is 5.75. The van der Waals surface area contributed by atoms with Crippen molar-refractivity contribution in [3.05, 3.63) is 131 Å². The zero-order valence-electron chi connectivity index (χ0n) is 17.7. The zero-order valence-corrected chi connectivity index (χ0v) is 17.7. The van der Waals surface area contributed by atoms with Gasteiger partial charge in [-0.15, -0.1) is 0 Å². The first-order valence-electron chi connectivity index (χ1n) is 10.6. The molecular weight excluding hydrogens is 380 g/mol. The van der Waals surface area contributed by atoms with Crippen LogP contribution in [0.25, 0.3) is 22.6 Å². The summed E-state index contributed by atoms with van der Waals surface area (Å²) in [5.74, 6) is 3.35. The fourth-order valence-corrected chi connectivity index (χ4v) is 3.88. The average Bonchev–Trinajstić information content (AvgIpc) is 3.47. The van der Waals surface area contributed by atoms with E-state index in [4.69, 9.17) is 8.83 Å². The van der Waals surface area contributed by atoms with Gasteiger partial charge in [-0.2, -0.15) is 0 Å². The second-order valence-electron chi connectivity index (χ2n) is 7.98. The Kier molecular flexibility index (Phi) is 5.05. The molecule has 0 N–H and O–H groups in total. The van der Waals surface area contributed by atoms with Crippen molar-refractivity contribution in [3.63, 3.8) is 0 Å². The Bertz CT molecular complexity index is 1190. The van der Waals surface area contributed by atoms with Crippen molar-refractivity contribution >= 4 is 0 Å². The minimum Gasteiger partial charge on any atom is -0.460 e. The lowest BCUT2D eigenvalue weighted by Gasteiger charge is -2.13. The average molecular weight is 405 g/mol. The molecule has 5 rings (SSSR count). The van der Waals surface area contributed by atoms with Crippen LogP contribution in [0, 0.1) is 13.8 Å². The Hall–Kier alpha value is -3.78. The van der Waals surface area contributed by atoms with Crippen LogP contribution in [0.15, 0.2) is 112 Å². The highest BCUT2D eigenvalue weighted by Gasteiger charge is 2.24. The monoisotopic (exact) mass is 404 g/mol. The predicted molar refractivity (Wildman–Crippen MR) is 125 cm³/mol. The minimum absolute atomic E-state index is 0.111. The molecule has 31 heavy (non-hydrogen) atoms. The van der Waals surface area contributed by atoms with E-state index in [1.165, 1.54) is 11.1 Å². The smallest absolute Gasteiger partial charge is 0.134 e. The second-order valence-corrected chi connectivity index (χ2v) is 7.98. The molecule has 0 unspecified atom stereocenters. The van der Waals surface area contributed by atoms with Crippen LogP contribution in [0.2, 0.25) is 0 Å². The van der Waals surface area contributed by atoms with Crippen LogP contribution in [-0.4, -0.2) is 0 Å². The Labute approximate surface area is 182 Å². The van der Waals surface area contributed by atoms with Crippen LogP contribution in [0.4, 0.5) is 0 Å². The van der Waals surface area contributed by atoms with Crippen molar-refractivity contribution in [2.45, 2.75) is 19.8 Å². The number of aryl methyl sites for hydroxylation is 2. The number of benzene rings is 3. The second kappa shape index (κ2) is 8.16. The number of hydrogen-bond acceptors (Lipinski definition) is 2. The van der Waals surface area contributed by atoms with Crippen molar-refractivity contribution in [2.24, 2.45) is 0 Å². The Morgan fingerprint density at radius 1 is 0.484 bits per heavy atom. The highest BCUT2D eigenvalue weighted by molar-refractivity contribution is 5.60. The van der Waals surface area contributed by atoms with Gasteiger partial charge in [-0.25, -0.2) is 0 Å². The third kappa shape index (κ3) is 3.97. The summed E-state index contributed by atoms with van der Waals surface area (Å²) in [6, 6.07) is 35.4. The summed E-state index contributed by atoms with van der Waals surface area (Å²) >= 11 is 0. The van der Waals surface area contributed by atoms with E-state index in [2.05, 4.69) is 98.8 Å². The van der Waals surface area contributed by atoms with Crippen LogP contribution >= 0.6 is 0 Å². The van der Waals surface area contributed by atoms with Crippen molar-refractivity contribution in [2.75, 3.05) is 0 Å². The fourth-order valence-electron chi connectivity index (χ4n) is 3.88. The third-order valence-corrected chi connectivity index (χ3v) is 5.63. The fraction of sp³-hybridized carbons (Fsp3) is 0.103. The molecule has 2 aromatic heterocycles. The van der Waals surface area contributed by atoms with Gasteiger partial charge in [0.05, 0.1) is 0 Å². The maximum absolute atomic E-state index is 6.35. The molecule has 0 aliphatic carbocycles. The molecule has 0 spiro atoms. The van der Waals surface area contributed by atoms with Gasteiger partial charge in [0.1, 0.15) is 29.0 Å². The number of hydrogen-bond donors (Lipinski definition) is 0. The summed E-state index contributed by atoms with van der Waals surface area (Å²) in [5, 5.41) is 0. The normalized spacial score (nSPS) is 11.2. The van der Waals surface area contributed by atoms with Crippen molar-refractivity contribution in [3.8, 4) is 22.6 Å². The molecule has 3 aromatic carbocycles. The highest BCUT2D eigenvalue weighted by atomic mass is 16.4. The lowest BCUT2D eigenvalue weighted by Crippen LogP contribution is -2.00. The SMILES string of the molecule is Cc1ccc(-c2ccc(C(c3ccccc3)c3ccc(-c4ccc(C)cc4)o3)o2)cc1. The van der Waals surface area contributed by atoms with Gasteiger partial charge in [0.15, 0.2) is 0 Å². The van der Waals surface area contributed by atoms with Gasteiger partial charge in [-0.1, -0.05) is 90.0 Å².